The molecule has 0 spiro atoms. The molecule has 0 amide bonds. The van der Waals surface area contributed by atoms with Crippen molar-refractivity contribution in [2.45, 2.75) is 26.6 Å². The summed E-state index contributed by atoms with van der Waals surface area (Å²) in [5.74, 6) is 3.48. The minimum Gasteiger partial charge on any atom is -0.490 e. The third-order valence-electron chi connectivity index (χ3n) is 3.51. The summed E-state index contributed by atoms with van der Waals surface area (Å²) in [6.45, 7) is 4.43. The number of nitrogens with one attached hydrogen (secondary N) is 1. The normalized spacial score (nSPS) is 11.2. The van der Waals surface area contributed by atoms with Gasteiger partial charge >= 0.3 is 0 Å². The van der Waals surface area contributed by atoms with Gasteiger partial charge in [0.05, 0.1) is 29.9 Å². The molecule has 1 aromatic carbocycles. The van der Waals surface area contributed by atoms with E-state index in [9.17, 15) is 0 Å². The lowest BCUT2D eigenvalue weighted by Crippen LogP contribution is -2.05. The Hall–Kier alpha value is -2.51. The summed E-state index contributed by atoms with van der Waals surface area (Å²) in [5, 5.41) is 2.05. The Morgan fingerprint density at radius 3 is 2.77 bits per heavy atom. The van der Waals surface area contributed by atoms with Crippen molar-refractivity contribution in [2.24, 2.45) is 0 Å². The van der Waals surface area contributed by atoms with Crippen molar-refractivity contribution in [3.8, 4) is 18.1 Å². The molecule has 0 saturated carbocycles. The monoisotopic (exact) mass is 294 g/mol. The van der Waals surface area contributed by atoms with Crippen LogP contribution in [-0.4, -0.2) is 23.2 Å². The first-order valence-corrected chi connectivity index (χ1v) is 7.20. The van der Waals surface area contributed by atoms with E-state index in [1.54, 1.807) is 13.3 Å². The lowest BCUT2D eigenvalue weighted by molar-refractivity contribution is 0.185. The predicted octanol–water partition coefficient (Wildman–Crippen LogP) is 3.63. The van der Waals surface area contributed by atoms with Gasteiger partial charge in [-0.15, -0.1) is 6.42 Å². The zero-order valence-corrected chi connectivity index (χ0v) is 12.9. The zero-order valence-electron chi connectivity index (χ0n) is 12.9. The van der Waals surface area contributed by atoms with E-state index in [-0.39, 0.29) is 6.10 Å². The minimum atomic E-state index is 0.0929. The Labute approximate surface area is 129 Å². The fourth-order valence-corrected chi connectivity index (χ4v) is 2.73. The van der Waals surface area contributed by atoms with E-state index in [2.05, 4.69) is 15.9 Å². The smallest absolute Gasteiger partial charge is 0.129 e. The molecule has 0 aliphatic heterocycles. The fourth-order valence-electron chi connectivity index (χ4n) is 2.73. The van der Waals surface area contributed by atoms with Gasteiger partial charge in [0, 0.05) is 23.4 Å². The van der Waals surface area contributed by atoms with E-state index < -0.39 is 0 Å². The quantitative estimate of drug-likeness (QED) is 0.747. The Morgan fingerprint density at radius 2 is 2.09 bits per heavy atom. The number of ether oxygens (including phenoxy) is 2. The molecule has 0 bridgehead atoms. The van der Waals surface area contributed by atoms with E-state index in [4.69, 9.17) is 15.9 Å². The first kappa shape index (κ1) is 14.4. The molecule has 2 heterocycles. The maximum absolute atomic E-state index is 5.97. The summed E-state index contributed by atoms with van der Waals surface area (Å²) in [4.78, 5) is 7.72. The third-order valence-corrected chi connectivity index (χ3v) is 3.51. The van der Waals surface area contributed by atoms with E-state index in [0.717, 1.165) is 33.1 Å². The van der Waals surface area contributed by atoms with Crippen LogP contribution in [0.5, 0.6) is 5.75 Å². The van der Waals surface area contributed by atoms with Crippen LogP contribution in [0.25, 0.3) is 21.8 Å². The van der Waals surface area contributed by atoms with E-state index in [1.807, 2.05) is 32.0 Å². The number of benzene rings is 1. The third kappa shape index (κ3) is 2.30. The lowest BCUT2D eigenvalue weighted by atomic mass is 10.1. The number of nitrogens with zero attached hydrogens (tertiary/aromatic N) is 1. The summed E-state index contributed by atoms with van der Waals surface area (Å²) in [5.41, 5.74) is 3.45. The van der Waals surface area contributed by atoms with Crippen LogP contribution in [-0.2, 0) is 11.3 Å². The molecule has 22 heavy (non-hydrogen) atoms. The summed E-state index contributed by atoms with van der Waals surface area (Å²) < 4.78 is 11.3. The Balaban J connectivity index is 2.41. The van der Waals surface area contributed by atoms with Gasteiger partial charge in [0.15, 0.2) is 0 Å². The maximum atomic E-state index is 5.97. The molecule has 112 valence electrons. The van der Waals surface area contributed by atoms with Gasteiger partial charge in [-0.2, -0.15) is 0 Å². The van der Waals surface area contributed by atoms with Crippen LogP contribution in [0.1, 0.15) is 25.1 Å². The second kappa shape index (κ2) is 5.70. The first-order chi connectivity index (χ1) is 10.7. The van der Waals surface area contributed by atoms with Gasteiger partial charge in [-0.1, -0.05) is 6.07 Å². The van der Waals surface area contributed by atoms with Crippen molar-refractivity contribution >= 4 is 21.8 Å². The van der Waals surface area contributed by atoms with Gasteiger partial charge in [-0.25, -0.2) is 4.98 Å². The van der Waals surface area contributed by atoms with Gasteiger partial charge < -0.3 is 14.5 Å². The zero-order chi connectivity index (χ0) is 15.7. The van der Waals surface area contributed by atoms with Crippen LogP contribution in [0.4, 0.5) is 0 Å². The van der Waals surface area contributed by atoms with Crippen molar-refractivity contribution in [3.05, 3.63) is 35.7 Å². The molecule has 4 nitrogen and oxygen atoms in total. The Bertz CT molecular complexity index is 872. The largest absolute Gasteiger partial charge is 0.490 e. The number of aromatic amines is 1. The number of H-pyrrole nitrogens is 1. The predicted molar refractivity (Wildman–Crippen MR) is 88.0 cm³/mol. The average Bonchev–Trinajstić information content (AvgIpc) is 2.87. The molecule has 3 rings (SSSR count). The van der Waals surface area contributed by atoms with Crippen molar-refractivity contribution in [2.75, 3.05) is 7.11 Å². The fraction of sp³-hybridized carbons (Fsp3) is 0.278. The highest BCUT2D eigenvalue weighted by Gasteiger charge is 2.17. The van der Waals surface area contributed by atoms with Crippen molar-refractivity contribution in [1.29, 1.82) is 0 Å². The van der Waals surface area contributed by atoms with E-state index >= 15 is 0 Å². The van der Waals surface area contributed by atoms with Crippen LogP contribution in [0.3, 0.4) is 0 Å². The van der Waals surface area contributed by atoms with E-state index in [1.165, 1.54) is 0 Å². The van der Waals surface area contributed by atoms with Gasteiger partial charge in [0.2, 0.25) is 0 Å². The van der Waals surface area contributed by atoms with Crippen LogP contribution in [0.15, 0.2) is 24.4 Å². The molecule has 1 N–H and O–H groups in total. The van der Waals surface area contributed by atoms with Gasteiger partial charge in [0.1, 0.15) is 11.4 Å². The number of fused-ring (bicyclic) bond motifs is 3. The van der Waals surface area contributed by atoms with Crippen LogP contribution < -0.4 is 4.74 Å². The summed E-state index contributed by atoms with van der Waals surface area (Å²) in [6, 6.07) is 5.97. The highest BCUT2D eigenvalue weighted by molar-refractivity contribution is 6.12. The first-order valence-electron chi connectivity index (χ1n) is 7.20. The topological polar surface area (TPSA) is 47.1 Å². The average molecular weight is 294 g/mol. The molecule has 0 aliphatic rings. The highest BCUT2D eigenvalue weighted by Crippen LogP contribution is 2.36. The molecule has 3 aromatic rings. The molecule has 0 fully saturated rings. The van der Waals surface area contributed by atoms with E-state index in [0.29, 0.717) is 12.3 Å². The minimum absolute atomic E-state index is 0.0929. The molecular weight excluding hydrogens is 276 g/mol. The van der Waals surface area contributed by atoms with Crippen LogP contribution in [0, 0.1) is 12.3 Å². The summed E-state index contributed by atoms with van der Waals surface area (Å²) >= 11 is 0. The molecule has 0 aliphatic carbocycles. The Kier molecular flexibility index (Phi) is 3.74. The van der Waals surface area contributed by atoms with Gasteiger partial charge in [-0.3, -0.25) is 0 Å². The molecule has 0 saturated heterocycles. The number of pyridine rings is 1. The van der Waals surface area contributed by atoms with Crippen molar-refractivity contribution in [3.63, 3.8) is 0 Å². The maximum Gasteiger partial charge on any atom is 0.129 e. The van der Waals surface area contributed by atoms with Gasteiger partial charge in [0.25, 0.3) is 0 Å². The molecular formula is C18H18N2O2. The van der Waals surface area contributed by atoms with Crippen LogP contribution >= 0.6 is 0 Å². The van der Waals surface area contributed by atoms with Crippen molar-refractivity contribution < 1.29 is 9.47 Å². The molecule has 0 unspecified atom stereocenters. The number of methoxy groups -OCH3 is 1. The van der Waals surface area contributed by atoms with Gasteiger partial charge in [-0.05, 0) is 31.9 Å². The standard InChI is InChI=1S/C18H18N2O2/c1-5-13-12(10-21-4)17-15(9-19-13)20-14-7-6-8-16(18(14)17)22-11(2)3/h1,6-9,11,20H,10H2,2-4H3. The summed E-state index contributed by atoms with van der Waals surface area (Å²) in [7, 11) is 1.65. The summed E-state index contributed by atoms with van der Waals surface area (Å²) in [6.07, 6.45) is 7.45. The number of hydrogen-bond donors (Lipinski definition) is 1. The Morgan fingerprint density at radius 1 is 1.27 bits per heavy atom. The number of aromatic nitrogens is 2. The SMILES string of the molecule is C#Cc1ncc2[nH]c3cccc(OC(C)C)c3c2c1COC. The number of hydrogen-bond acceptors (Lipinski definition) is 3. The molecule has 4 heteroatoms. The molecule has 2 aromatic heterocycles. The second-order valence-corrected chi connectivity index (χ2v) is 5.42. The lowest BCUT2D eigenvalue weighted by Gasteiger charge is -2.12. The van der Waals surface area contributed by atoms with Crippen molar-refractivity contribution in [1.82, 2.24) is 9.97 Å². The highest BCUT2D eigenvalue weighted by atomic mass is 16.5. The number of rotatable bonds is 4. The second-order valence-electron chi connectivity index (χ2n) is 5.42. The number of terminal acetylenes is 1. The molecule has 0 radical (unpaired) electrons. The molecule has 0 atom stereocenters. The van der Waals surface area contributed by atoms with Crippen LogP contribution in [0.2, 0.25) is 0 Å².